The number of ketones is 4. The number of carbonyl (C=O) groups is 4. The van der Waals surface area contributed by atoms with E-state index in [4.69, 9.17) is 23.8 Å². The highest BCUT2D eigenvalue weighted by Crippen LogP contribution is 2.34. The van der Waals surface area contributed by atoms with Gasteiger partial charge in [-0.3, -0.25) is 0 Å². The first-order chi connectivity index (χ1) is 57.5. The topological polar surface area (TPSA) is 250 Å². The highest BCUT2D eigenvalue weighted by atomic mass is 32.2. The number of fused-ring (bicyclic) bond motifs is 2. The van der Waals surface area contributed by atoms with E-state index in [1.807, 2.05) is 269 Å². The normalized spacial score (nSPS) is 9.35. The van der Waals surface area contributed by atoms with Crippen molar-refractivity contribution in [3.8, 4) is 90.3 Å². The van der Waals surface area contributed by atoms with Crippen LogP contribution in [0.2, 0.25) is 0 Å². The van der Waals surface area contributed by atoms with Gasteiger partial charge in [0, 0.05) is 90.9 Å². The number of hydrogen-bond donors (Lipinski definition) is 3. The zero-order valence-electron chi connectivity index (χ0n) is 75.7. The first kappa shape index (κ1) is 107. The summed E-state index contributed by atoms with van der Waals surface area (Å²) in [5, 5.41) is 0. The number of aryl methyl sites for hydroxylation is 4. The van der Waals surface area contributed by atoms with E-state index in [9.17, 15) is 27.6 Å². The summed E-state index contributed by atoms with van der Waals surface area (Å²) in [7, 11) is 0.583. The van der Waals surface area contributed by atoms with Crippen molar-refractivity contribution in [1.29, 1.82) is 0 Å². The Labute approximate surface area is 716 Å². The maximum Gasteiger partial charge on any atom is 0.192 e. The van der Waals surface area contributed by atoms with Gasteiger partial charge in [0.05, 0.1) is 22.8 Å². The molecule has 10 aromatic carbocycles. The minimum absolute atomic E-state index is 0.167. The lowest BCUT2D eigenvalue weighted by atomic mass is 10.0. The van der Waals surface area contributed by atoms with E-state index in [0.29, 0.717) is 11.8 Å². The van der Waals surface area contributed by atoms with Gasteiger partial charge in [0.2, 0.25) is 0 Å². The summed E-state index contributed by atoms with van der Waals surface area (Å²) in [6, 6.07) is 95.7. The second-order valence-corrected chi connectivity index (χ2v) is 28.2. The van der Waals surface area contributed by atoms with Crippen LogP contribution in [-0.2, 0) is 33.8 Å². The molecule has 3 N–H and O–H groups in total. The SMILES string of the molecule is CC.CC.CC.CC.CC(C)=O.CC(C)=O.CC(C)=O.CC(C)=O.CCC.COC.CS(C)(=O)=O.Cc1[nH]c(-c2ccc(-c3nc(-c4ccccc4)c(C)[nH]3)cc2)nc1-c1ccccc1.Cc1nc2cc(-c3ccc4oc(C)nc4c3)ccc2o1.c1ccc(-c2nc(-c3ccccc3)c(-c3ccccc3)[nH]2)cc1.c1ccccc1.c1ccccc1. The number of aromatic nitrogens is 8. The maximum atomic E-state index is 9.63. The Balaban J connectivity index is 0.00000141. The van der Waals surface area contributed by atoms with Gasteiger partial charge in [-0.2, -0.15) is 0 Å². The molecule has 15 rings (SSSR count). The van der Waals surface area contributed by atoms with Crippen LogP contribution in [0.4, 0.5) is 0 Å². The van der Waals surface area contributed by atoms with Crippen molar-refractivity contribution >= 4 is 55.2 Å². The number of methoxy groups -OCH3 is 1. The summed E-state index contributed by atoms with van der Waals surface area (Å²) < 4.78 is 34.5. The smallest absolute Gasteiger partial charge is 0.192 e. The van der Waals surface area contributed by atoms with Crippen LogP contribution >= 0.6 is 0 Å². The van der Waals surface area contributed by atoms with Crippen LogP contribution in [0, 0.1) is 27.7 Å². The Bertz CT molecular complexity index is 4880. The summed E-state index contributed by atoms with van der Waals surface area (Å²) in [6.07, 6.45) is 3.57. The number of H-pyrrole nitrogens is 3. The Morgan fingerprint density at radius 1 is 0.308 bits per heavy atom. The van der Waals surface area contributed by atoms with Crippen molar-refractivity contribution in [2.45, 2.75) is 159 Å². The molecule has 0 aliphatic rings. The number of aromatic amines is 3. The van der Waals surface area contributed by atoms with Gasteiger partial charge in [0.1, 0.15) is 61.5 Å². The van der Waals surface area contributed by atoms with E-state index in [0.717, 1.165) is 136 Å². The van der Waals surface area contributed by atoms with E-state index >= 15 is 0 Å². The molecule has 0 saturated heterocycles. The molecular weight excluding hydrogens is 1510 g/mol. The molecule has 638 valence electrons. The molecule has 0 unspecified atom stereocenters. The minimum Gasteiger partial charge on any atom is -0.441 e. The quantitative estimate of drug-likeness (QED) is 0.128. The molecule has 17 nitrogen and oxygen atoms in total. The van der Waals surface area contributed by atoms with E-state index in [2.05, 4.69) is 142 Å². The van der Waals surface area contributed by atoms with Gasteiger partial charge in [-0.05, 0) is 105 Å². The van der Waals surface area contributed by atoms with Gasteiger partial charge in [0.15, 0.2) is 22.9 Å². The molecule has 0 aliphatic heterocycles. The number of imidazole rings is 3. The standard InChI is InChI=1S/C26H22N4.C21H16N2.C16H12N2O2.2C6H6.4C3H6O.C3H8.C2H6O2S.C2H6O.4C2H6/c1-17-23(19-9-5-3-6-10-19)29-25(27-17)21-13-15-22(16-14-21)26-28-18(2)24(30-26)20-11-7-4-8-12-20;1-4-10-16(11-5-1)19-20(17-12-6-2-7-13-17)23-21(22-19)18-14-8-3-9-15-18;1-9-17-13-7-11(3-5-15(13)19-9)12-4-6-16-14(8-12)18-10(2)20-16;2*1-2-4-6-5-3-1;4*1-3(2)4;1-3-2;1-5(2,3)4;1-3-2;4*1-2/h3-16H,1-2H3,(H,27,29)(H,28,30);1-15H,(H,22,23);3-8H,1-2H3;2*1-6H;4*1-2H3;3H2,1-2H3;1-2H3;1-2H3;4*1-2H3. The van der Waals surface area contributed by atoms with Gasteiger partial charge in [-0.1, -0.05) is 337 Å². The molecule has 0 bridgehead atoms. The molecule has 0 saturated carbocycles. The minimum atomic E-state index is -2.67. The Morgan fingerprint density at radius 2 is 0.500 bits per heavy atom. The van der Waals surface area contributed by atoms with Crippen LogP contribution in [0.3, 0.4) is 0 Å². The maximum absolute atomic E-state index is 9.63. The van der Waals surface area contributed by atoms with Crippen LogP contribution in [0.15, 0.2) is 294 Å². The number of hydrogen-bond acceptors (Lipinski definition) is 14. The Morgan fingerprint density at radius 3 is 0.758 bits per heavy atom. The van der Waals surface area contributed by atoms with Gasteiger partial charge < -0.3 is 47.7 Å². The molecule has 5 heterocycles. The van der Waals surface area contributed by atoms with Crippen molar-refractivity contribution < 1.29 is 41.2 Å². The number of nitrogens with one attached hydrogen (secondary N) is 3. The number of nitrogens with zero attached hydrogens (tertiary/aromatic N) is 5. The lowest BCUT2D eigenvalue weighted by molar-refractivity contribution is -0.115. The monoisotopic (exact) mass is 1640 g/mol. The summed E-state index contributed by atoms with van der Waals surface area (Å²) in [4.78, 5) is 71.4. The molecule has 0 fully saturated rings. The van der Waals surface area contributed by atoms with Crippen molar-refractivity contribution in [2.24, 2.45) is 0 Å². The fourth-order valence-corrected chi connectivity index (χ4v) is 9.67. The largest absolute Gasteiger partial charge is 0.441 e. The summed E-state index contributed by atoms with van der Waals surface area (Å²) in [5.74, 6) is 4.67. The van der Waals surface area contributed by atoms with Crippen molar-refractivity contribution in [2.75, 3.05) is 26.7 Å². The van der Waals surface area contributed by atoms with Crippen LogP contribution in [0.1, 0.15) is 154 Å². The van der Waals surface area contributed by atoms with Crippen molar-refractivity contribution in [3.63, 3.8) is 0 Å². The number of Topliss-reactive ketones (excluding diaryl/α,β-unsaturated/α-hetero) is 4. The zero-order valence-corrected chi connectivity index (χ0v) is 76.5. The average molecular weight is 1640 g/mol. The van der Waals surface area contributed by atoms with E-state index in [1.165, 1.54) is 61.8 Å². The van der Waals surface area contributed by atoms with Gasteiger partial charge in [-0.25, -0.2) is 33.3 Å². The second kappa shape index (κ2) is 63.5. The first-order valence-corrected chi connectivity index (χ1v) is 42.7. The lowest BCUT2D eigenvalue weighted by Crippen LogP contribution is -1.86. The highest BCUT2D eigenvalue weighted by molar-refractivity contribution is 7.89. The summed E-state index contributed by atoms with van der Waals surface area (Å²) in [6.45, 7) is 40.3. The zero-order chi connectivity index (χ0) is 90.4. The molecule has 0 amide bonds. The average Bonchev–Trinajstić information content (AvgIpc) is 1.66. The van der Waals surface area contributed by atoms with Gasteiger partial charge in [0.25, 0.3) is 0 Å². The highest BCUT2D eigenvalue weighted by Gasteiger charge is 2.17. The summed E-state index contributed by atoms with van der Waals surface area (Å²) in [5.41, 5.74) is 19.4. The van der Waals surface area contributed by atoms with E-state index in [1.54, 1.807) is 14.2 Å². The van der Waals surface area contributed by atoms with Crippen LogP contribution in [0.25, 0.3) is 113 Å². The molecule has 0 atom stereocenters. The fourth-order valence-electron chi connectivity index (χ4n) is 9.67. The molecule has 18 heteroatoms. The van der Waals surface area contributed by atoms with Crippen molar-refractivity contribution in [3.05, 3.63) is 308 Å². The lowest BCUT2D eigenvalue weighted by Gasteiger charge is -2.02. The third-order valence-electron chi connectivity index (χ3n) is 13.8. The molecule has 0 radical (unpaired) electrons. The molecule has 15 aromatic rings. The molecule has 5 aromatic heterocycles. The number of carbonyl (C=O) groups excluding carboxylic acids is 4. The molecule has 0 aliphatic carbocycles. The Hall–Kier alpha value is -12.6. The third kappa shape index (κ3) is 45.2. The van der Waals surface area contributed by atoms with Crippen molar-refractivity contribution in [1.82, 2.24) is 39.9 Å². The third-order valence-corrected chi connectivity index (χ3v) is 13.8. The number of oxazole rings is 2. The molecule has 120 heavy (non-hydrogen) atoms. The second-order valence-electron chi connectivity index (χ2n) is 25.9. The number of rotatable bonds is 8. The predicted molar refractivity (Wildman–Crippen MR) is 507 cm³/mol. The number of benzene rings is 10. The van der Waals surface area contributed by atoms with E-state index in [-0.39, 0.29) is 23.1 Å². The first-order valence-electron chi connectivity index (χ1n) is 40.4. The fraction of sp³-hybridized carbons (Fsp3) is 0.265. The molecule has 0 spiro atoms. The van der Waals surface area contributed by atoms with Gasteiger partial charge >= 0.3 is 0 Å². The molecular formula is C102H130N8O9S. The van der Waals surface area contributed by atoms with Gasteiger partial charge in [-0.15, -0.1) is 0 Å². The number of sulfone groups is 1. The summed E-state index contributed by atoms with van der Waals surface area (Å²) >= 11 is 0. The predicted octanol–water partition coefficient (Wildman–Crippen LogP) is 27.3. The van der Waals surface area contributed by atoms with Crippen LogP contribution < -0.4 is 0 Å². The van der Waals surface area contributed by atoms with Crippen LogP contribution in [0.5, 0.6) is 0 Å². The number of ether oxygens (including phenoxy) is 1. The Kier molecular flexibility index (Phi) is 56.8. The van der Waals surface area contributed by atoms with Crippen LogP contribution in [-0.4, -0.2) is 98.2 Å². The van der Waals surface area contributed by atoms with E-state index < -0.39 is 9.84 Å².